The van der Waals surface area contributed by atoms with Crippen LogP contribution >= 0.6 is 15.9 Å². The monoisotopic (exact) mass is 339 g/mol. The molecule has 0 bridgehead atoms. The smallest absolute Gasteiger partial charge is 0.255 e. The number of nitrogens with one attached hydrogen (secondary N) is 1. The number of hydrogen-bond donors (Lipinski definition) is 1. The minimum absolute atomic E-state index is 0.0238. The van der Waals surface area contributed by atoms with E-state index in [2.05, 4.69) is 28.2 Å². The van der Waals surface area contributed by atoms with E-state index < -0.39 is 0 Å². The Labute approximate surface area is 129 Å². The number of hydrogen-bond acceptors (Lipinski definition) is 2. The predicted octanol–water partition coefficient (Wildman–Crippen LogP) is 4.30. The molecule has 0 aromatic heterocycles. The van der Waals surface area contributed by atoms with Crippen LogP contribution in [-0.4, -0.2) is 18.6 Å². The van der Waals surface area contributed by atoms with Crippen molar-refractivity contribution < 1.29 is 9.53 Å². The molecular weight excluding hydrogens is 318 g/mol. The van der Waals surface area contributed by atoms with E-state index in [0.717, 1.165) is 23.7 Å². The van der Waals surface area contributed by atoms with Crippen molar-refractivity contribution >= 4 is 21.8 Å². The highest BCUT2D eigenvalue weighted by Gasteiger charge is 2.19. The van der Waals surface area contributed by atoms with Crippen LogP contribution in [0.25, 0.3) is 0 Å². The van der Waals surface area contributed by atoms with E-state index in [9.17, 15) is 4.79 Å². The minimum atomic E-state index is -0.0238. The zero-order chi connectivity index (χ0) is 14.4. The first-order chi connectivity index (χ1) is 9.70. The van der Waals surface area contributed by atoms with Crippen LogP contribution in [-0.2, 0) is 0 Å². The Bertz CT molecular complexity index is 456. The first-order valence-electron chi connectivity index (χ1n) is 7.44. The molecule has 1 amide bonds. The van der Waals surface area contributed by atoms with Gasteiger partial charge in [-0.3, -0.25) is 4.79 Å². The van der Waals surface area contributed by atoms with Gasteiger partial charge in [0.05, 0.1) is 12.2 Å². The number of carbonyl (C=O) groups is 1. The molecule has 4 heteroatoms. The summed E-state index contributed by atoms with van der Waals surface area (Å²) in [6.07, 6.45) is 6.81. The summed E-state index contributed by atoms with van der Waals surface area (Å²) in [6, 6.07) is 5.91. The maximum absolute atomic E-state index is 12.4. The van der Waals surface area contributed by atoms with Crippen LogP contribution in [0.5, 0.6) is 5.75 Å². The lowest BCUT2D eigenvalue weighted by atomic mass is 9.95. The molecule has 1 aromatic carbocycles. The largest absolute Gasteiger partial charge is 0.493 e. The van der Waals surface area contributed by atoms with Gasteiger partial charge in [-0.1, -0.05) is 42.1 Å². The van der Waals surface area contributed by atoms with Crippen LogP contribution in [0.2, 0.25) is 0 Å². The molecule has 1 aliphatic rings. The molecule has 20 heavy (non-hydrogen) atoms. The van der Waals surface area contributed by atoms with Gasteiger partial charge in [-0.2, -0.15) is 0 Å². The second kappa shape index (κ2) is 7.67. The van der Waals surface area contributed by atoms with Gasteiger partial charge in [0.25, 0.3) is 5.91 Å². The quantitative estimate of drug-likeness (QED) is 0.868. The van der Waals surface area contributed by atoms with Crippen LogP contribution in [0.15, 0.2) is 22.7 Å². The Morgan fingerprint density at radius 2 is 2.10 bits per heavy atom. The van der Waals surface area contributed by atoms with Crippen molar-refractivity contribution in [2.45, 2.75) is 51.5 Å². The van der Waals surface area contributed by atoms with Gasteiger partial charge in [0.2, 0.25) is 0 Å². The van der Waals surface area contributed by atoms with Crippen molar-refractivity contribution in [2.24, 2.45) is 0 Å². The first kappa shape index (κ1) is 15.4. The molecule has 0 radical (unpaired) electrons. The third-order valence-electron chi connectivity index (χ3n) is 3.59. The zero-order valence-corrected chi connectivity index (χ0v) is 13.5. The van der Waals surface area contributed by atoms with E-state index in [1.807, 2.05) is 18.2 Å². The van der Waals surface area contributed by atoms with Crippen LogP contribution in [0.3, 0.4) is 0 Å². The van der Waals surface area contributed by atoms with Crippen molar-refractivity contribution in [3.8, 4) is 5.75 Å². The summed E-state index contributed by atoms with van der Waals surface area (Å²) in [4.78, 5) is 12.4. The summed E-state index contributed by atoms with van der Waals surface area (Å²) in [5.74, 6) is 0.646. The summed E-state index contributed by atoms with van der Waals surface area (Å²) >= 11 is 3.42. The zero-order valence-electron chi connectivity index (χ0n) is 12.0. The van der Waals surface area contributed by atoms with Gasteiger partial charge in [-0.15, -0.1) is 0 Å². The van der Waals surface area contributed by atoms with E-state index in [4.69, 9.17) is 4.74 Å². The highest BCUT2D eigenvalue weighted by atomic mass is 79.9. The van der Waals surface area contributed by atoms with Gasteiger partial charge in [-0.25, -0.2) is 0 Å². The summed E-state index contributed by atoms with van der Waals surface area (Å²) in [6.45, 7) is 2.69. The second-order valence-electron chi connectivity index (χ2n) is 5.30. The third-order valence-corrected chi connectivity index (χ3v) is 4.08. The molecule has 1 aromatic rings. The van der Waals surface area contributed by atoms with E-state index in [-0.39, 0.29) is 5.91 Å². The van der Waals surface area contributed by atoms with Crippen LogP contribution < -0.4 is 10.1 Å². The van der Waals surface area contributed by atoms with Gasteiger partial charge in [0, 0.05) is 10.5 Å². The van der Waals surface area contributed by atoms with Crippen molar-refractivity contribution in [1.29, 1.82) is 0 Å². The van der Waals surface area contributed by atoms with Crippen LogP contribution in [0.4, 0.5) is 0 Å². The Morgan fingerprint density at radius 1 is 1.35 bits per heavy atom. The lowest BCUT2D eigenvalue weighted by molar-refractivity contribution is 0.0923. The van der Waals surface area contributed by atoms with Crippen LogP contribution in [0.1, 0.15) is 55.8 Å². The molecule has 1 saturated carbocycles. The molecule has 110 valence electrons. The first-order valence-corrected chi connectivity index (χ1v) is 8.23. The Morgan fingerprint density at radius 3 is 2.80 bits per heavy atom. The maximum Gasteiger partial charge on any atom is 0.255 e. The molecule has 3 nitrogen and oxygen atoms in total. The van der Waals surface area contributed by atoms with E-state index >= 15 is 0 Å². The van der Waals surface area contributed by atoms with Crippen molar-refractivity contribution in [3.63, 3.8) is 0 Å². The molecule has 2 rings (SSSR count). The van der Waals surface area contributed by atoms with Crippen molar-refractivity contribution in [1.82, 2.24) is 5.32 Å². The second-order valence-corrected chi connectivity index (χ2v) is 6.21. The van der Waals surface area contributed by atoms with Gasteiger partial charge in [0.1, 0.15) is 5.75 Å². The standard InChI is InChI=1S/C16H22BrNO2/c1-2-10-20-15-9-8-12(17)11-14(15)16(19)18-13-6-4-3-5-7-13/h8-9,11,13H,2-7,10H2,1H3,(H,18,19). The third kappa shape index (κ3) is 4.23. The summed E-state index contributed by atoms with van der Waals surface area (Å²) in [5.41, 5.74) is 0.624. The minimum Gasteiger partial charge on any atom is -0.493 e. The number of amides is 1. The highest BCUT2D eigenvalue weighted by Crippen LogP contribution is 2.25. The molecular formula is C16H22BrNO2. The molecule has 0 unspecified atom stereocenters. The summed E-state index contributed by atoms with van der Waals surface area (Å²) < 4.78 is 6.57. The number of ether oxygens (including phenoxy) is 1. The molecule has 1 fully saturated rings. The molecule has 0 heterocycles. The number of carbonyl (C=O) groups excluding carboxylic acids is 1. The number of halogens is 1. The Balaban J connectivity index is 2.08. The van der Waals surface area contributed by atoms with E-state index in [1.54, 1.807) is 0 Å². The molecule has 0 spiro atoms. The van der Waals surface area contributed by atoms with Gasteiger partial charge in [-0.05, 0) is 37.5 Å². The fourth-order valence-electron chi connectivity index (χ4n) is 2.53. The van der Waals surface area contributed by atoms with Gasteiger partial charge < -0.3 is 10.1 Å². The lowest BCUT2D eigenvalue weighted by Gasteiger charge is -2.23. The van der Waals surface area contributed by atoms with Gasteiger partial charge >= 0.3 is 0 Å². The molecule has 0 atom stereocenters. The Kier molecular flexibility index (Phi) is 5.89. The average molecular weight is 340 g/mol. The lowest BCUT2D eigenvalue weighted by Crippen LogP contribution is -2.36. The fraction of sp³-hybridized carbons (Fsp3) is 0.562. The van der Waals surface area contributed by atoms with Crippen molar-refractivity contribution in [3.05, 3.63) is 28.2 Å². The normalized spacial score (nSPS) is 15.9. The topological polar surface area (TPSA) is 38.3 Å². The SMILES string of the molecule is CCCOc1ccc(Br)cc1C(=O)NC1CCCCC1. The molecule has 1 aliphatic carbocycles. The molecule has 1 N–H and O–H groups in total. The summed E-state index contributed by atoms with van der Waals surface area (Å²) in [7, 11) is 0. The van der Waals surface area contributed by atoms with E-state index in [0.29, 0.717) is 24.0 Å². The number of rotatable bonds is 5. The molecule has 0 saturated heterocycles. The predicted molar refractivity (Wildman–Crippen MR) is 84.3 cm³/mol. The fourth-order valence-corrected chi connectivity index (χ4v) is 2.89. The number of benzene rings is 1. The average Bonchev–Trinajstić information content (AvgIpc) is 2.47. The van der Waals surface area contributed by atoms with E-state index in [1.165, 1.54) is 19.3 Å². The Hall–Kier alpha value is -1.03. The van der Waals surface area contributed by atoms with Gasteiger partial charge in [0.15, 0.2) is 0 Å². The van der Waals surface area contributed by atoms with Crippen molar-refractivity contribution in [2.75, 3.05) is 6.61 Å². The highest BCUT2D eigenvalue weighted by molar-refractivity contribution is 9.10. The molecule has 0 aliphatic heterocycles. The van der Waals surface area contributed by atoms with Crippen LogP contribution in [0, 0.1) is 0 Å². The maximum atomic E-state index is 12.4. The summed E-state index contributed by atoms with van der Waals surface area (Å²) in [5, 5.41) is 3.14.